The molecule has 0 saturated heterocycles. The molecule has 0 unspecified atom stereocenters. The van der Waals surface area contributed by atoms with Gasteiger partial charge in [0.1, 0.15) is 0 Å². The van der Waals surface area contributed by atoms with Gasteiger partial charge in [0, 0.05) is 25.0 Å². The van der Waals surface area contributed by atoms with E-state index in [4.69, 9.17) is 11.6 Å². The zero-order valence-electron chi connectivity index (χ0n) is 12.9. The maximum absolute atomic E-state index is 11.8. The Labute approximate surface area is 131 Å². The highest BCUT2D eigenvalue weighted by atomic mass is 35.5. The number of benzene rings is 1. The van der Waals surface area contributed by atoms with Gasteiger partial charge in [-0.3, -0.25) is 9.59 Å². The van der Waals surface area contributed by atoms with E-state index >= 15 is 0 Å². The third kappa shape index (κ3) is 7.14. The summed E-state index contributed by atoms with van der Waals surface area (Å²) in [5, 5.41) is 3.51. The number of amides is 2. The molecule has 116 valence electrons. The maximum atomic E-state index is 11.8. The Morgan fingerprint density at radius 1 is 1.24 bits per heavy atom. The van der Waals surface area contributed by atoms with Gasteiger partial charge in [-0.1, -0.05) is 37.6 Å². The van der Waals surface area contributed by atoms with Crippen molar-refractivity contribution in [2.75, 3.05) is 19.6 Å². The van der Waals surface area contributed by atoms with E-state index < -0.39 is 0 Å². The zero-order valence-corrected chi connectivity index (χ0v) is 13.6. The van der Waals surface area contributed by atoms with Crippen LogP contribution >= 0.6 is 11.6 Å². The number of nitrogens with one attached hydrogen (secondary N) is 1. The van der Waals surface area contributed by atoms with Crippen LogP contribution in [0.25, 0.3) is 0 Å². The Morgan fingerprint density at radius 2 is 1.86 bits per heavy atom. The van der Waals surface area contributed by atoms with E-state index in [1.54, 1.807) is 4.90 Å². The number of rotatable bonds is 7. The van der Waals surface area contributed by atoms with E-state index in [-0.39, 0.29) is 18.4 Å². The van der Waals surface area contributed by atoms with Gasteiger partial charge in [-0.15, -0.1) is 0 Å². The van der Waals surface area contributed by atoms with Crippen LogP contribution in [0.4, 0.5) is 0 Å². The Hall–Kier alpha value is -1.55. The van der Waals surface area contributed by atoms with E-state index in [0.717, 1.165) is 5.56 Å². The maximum Gasteiger partial charge on any atom is 0.239 e. The molecule has 1 aromatic rings. The molecule has 0 radical (unpaired) electrons. The molecule has 4 nitrogen and oxygen atoms in total. The zero-order chi connectivity index (χ0) is 15.8. The fourth-order valence-corrected chi connectivity index (χ4v) is 1.94. The summed E-state index contributed by atoms with van der Waals surface area (Å²) in [7, 11) is 0. The third-order valence-electron chi connectivity index (χ3n) is 3.07. The highest BCUT2D eigenvalue weighted by Crippen LogP contribution is 2.10. The van der Waals surface area contributed by atoms with Gasteiger partial charge < -0.3 is 10.2 Å². The average molecular weight is 311 g/mol. The van der Waals surface area contributed by atoms with Crippen molar-refractivity contribution in [3.05, 3.63) is 34.9 Å². The summed E-state index contributed by atoms with van der Waals surface area (Å²) in [6.07, 6.45) is 0.703. The van der Waals surface area contributed by atoms with Gasteiger partial charge in [-0.2, -0.15) is 0 Å². The molecule has 0 aromatic heterocycles. The summed E-state index contributed by atoms with van der Waals surface area (Å²) in [6, 6.07) is 7.51. The molecule has 0 aliphatic carbocycles. The van der Waals surface area contributed by atoms with Crippen molar-refractivity contribution in [1.29, 1.82) is 0 Å². The van der Waals surface area contributed by atoms with E-state index in [0.29, 0.717) is 30.5 Å². The van der Waals surface area contributed by atoms with E-state index in [1.165, 1.54) is 6.92 Å². The first kappa shape index (κ1) is 17.5. The van der Waals surface area contributed by atoms with Crippen LogP contribution in [-0.2, 0) is 16.0 Å². The van der Waals surface area contributed by atoms with Crippen molar-refractivity contribution in [2.24, 2.45) is 5.92 Å². The topological polar surface area (TPSA) is 49.4 Å². The Kier molecular flexibility index (Phi) is 7.23. The van der Waals surface area contributed by atoms with Crippen molar-refractivity contribution in [3.8, 4) is 0 Å². The van der Waals surface area contributed by atoms with Crippen LogP contribution in [-0.4, -0.2) is 36.3 Å². The predicted molar refractivity (Wildman–Crippen MR) is 85.3 cm³/mol. The summed E-state index contributed by atoms with van der Waals surface area (Å²) in [6.45, 7) is 6.80. The summed E-state index contributed by atoms with van der Waals surface area (Å²) in [4.78, 5) is 25.0. The Bertz CT molecular complexity index is 472. The van der Waals surface area contributed by atoms with Gasteiger partial charge in [0.15, 0.2) is 0 Å². The number of hydrogen-bond donors (Lipinski definition) is 1. The third-order valence-corrected chi connectivity index (χ3v) is 3.32. The molecule has 0 aliphatic heterocycles. The molecule has 0 aliphatic rings. The fraction of sp³-hybridized carbons (Fsp3) is 0.500. The first-order chi connectivity index (χ1) is 9.88. The van der Waals surface area contributed by atoms with E-state index in [1.807, 2.05) is 38.1 Å². The van der Waals surface area contributed by atoms with Crippen LogP contribution in [0.1, 0.15) is 26.3 Å². The molecule has 1 aromatic carbocycles. The molecule has 0 saturated carbocycles. The van der Waals surface area contributed by atoms with E-state index in [2.05, 4.69) is 5.32 Å². The molecule has 1 N–H and O–H groups in total. The van der Waals surface area contributed by atoms with Crippen molar-refractivity contribution >= 4 is 23.4 Å². The van der Waals surface area contributed by atoms with Crippen molar-refractivity contribution in [3.63, 3.8) is 0 Å². The fourth-order valence-electron chi connectivity index (χ4n) is 1.81. The standard InChI is InChI=1S/C16H23ClN2O2/c1-12(2)10-18-16(21)11-19(13(3)20)9-8-14-4-6-15(17)7-5-14/h4-7,12H,8-11H2,1-3H3,(H,18,21). The lowest BCUT2D eigenvalue weighted by Gasteiger charge is -2.21. The molecule has 0 heterocycles. The second kappa shape index (κ2) is 8.67. The summed E-state index contributed by atoms with van der Waals surface area (Å²) < 4.78 is 0. The molecule has 0 spiro atoms. The quantitative estimate of drug-likeness (QED) is 0.841. The van der Waals surface area contributed by atoms with Crippen LogP contribution in [0.5, 0.6) is 0 Å². The van der Waals surface area contributed by atoms with Crippen LogP contribution < -0.4 is 5.32 Å². The monoisotopic (exact) mass is 310 g/mol. The van der Waals surface area contributed by atoms with Gasteiger partial charge in [0.2, 0.25) is 11.8 Å². The second-order valence-electron chi connectivity index (χ2n) is 5.51. The molecule has 1 rings (SSSR count). The predicted octanol–water partition coefficient (Wildman–Crippen LogP) is 2.50. The van der Waals surface area contributed by atoms with E-state index in [9.17, 15) is 9.59 Å². The summed E-state index contributed by atoms with van der Waals surface area (Å²) in [5.74, 6) is 0.187. The number of carbonyl (C=O) groups excluding carboxylic acids is 2. The van der Waals surface area contributed by atoms with Crippen LogP contribution in [0.15, 0.2) is 24.3 Å². The number of hydrogen-bond acceptors (Lipinski definition) is 2. The van der Waals surface area contributed by atoms with Crippen molar-refractivity contribution < 1.29 is 9.59 Å². The summed E-state index contributed by atoms with van der Waals surface area (Å²) in [5.41, 5.74) is 1.09. The minimum atomic E-state index is -0.116. The minimum absolute atomic E-state index is 0.0938. The molecule has 0 atom stereocenters. The van der Waals surface area contributed by atoms with Gasteiger partial charge in [0.25, 0.3) is 0 Å². The minimum Gasteiger partial charge on any atom is -0.354 e. The number of carbonyl (C=O) groups is 2. The molecule has 5 heteroatoms. The van der Waals surface area contributed by atoms with Crippen LogP contribution in [0.3, 0.4) is 0 Å². The smallest absolute Gasteiger partial charge is 0.239 e. The summed E-state index contributed by atoms with van der Waals surface area (Å²) >= 11 is 5.84. The van der Waals surface area contributed by atoms with Gasteiger partial charge in [-0.05, 0) is 30.0 Å². The SMILES string of the molecule is CC(=O)N(CCc1ccc(Cl)cc1)CC(=O)NCC(C)C. The molecule has 0 bridgehead atoms. The largest absolute Gasteiger partial charge is 0.354 e. The molecular formula is C16H23ClN2O2. The number of nitrogens with zero attached hydrogens (tertiary/aromatic N) is 1. The lowest BCUT2D eigenvalue weighted by molar-refractivity contribution is -0.134. The van der Waals surface area contributed by atoms with Gasteiger partial charge in [-0.25, -0.2) is 0 Å². The van der Waals surface area contributed by atoms with Crippen LogP contribution in [0.2, 0.25) is 5.02 Å². The second-order valence-corrected chi connectivity index (χ2v) is 5.95. The average Bonchev–Trinajstić information content (AvgIpc) is 2.42. The Balaban J connectivity index is 2.48. The molecule has 21 heavy (non-hydrogen) atoms. The van der Waals surface area contributed by atoms with Gasteiger partial charge in [0.05, 0.1) is 6.54 Å². The van der Waals surface area contributed by atoms with Crippen molar-refractivity contribution in [2.45, 2.75) is 27.2 Å². The molecule has 2 amide bonds. The van der Waals surface area contributed by atoms with Crippen molar-refractivity contribution in [1.82, 2.24) is 10.2 Å². The number of halogens is 1. The lowest BCUT2D eigenvalue weighted by Crippen LogP contribution is -2.41. The Morgan fingerprint density at radius 3 is 2.38 bits per heavy atom. The highest BCUT2D eigenvalue weighted by molar-refractivity contribution is 6.30. The molecule has 0 fully saturated rings. The van der Waals surface area contributed by atoms with Gasteiger partial charge >= 0.3 is 0 Å². The molecular weight excluding hydrogens is 288 g/mol. The lowest BCUT2D eigenvalue weighted by atomic mass is 10.1. The highest BCUT2D eigenvalue weighted by Gasteiger charge is 2.13. The van der Waals surface area contributed by atoms with Crippen LogP contribution in [0, 0.1) is 5.92 Å². The normalized spacial score (nSPS) is 10.5. The first-order valence-corrected chi connectivity index (χ1v) is 7.53. The first-order valence-electron chi connectivity index (χ1n) is 7.15.